The van der Waals surface area contributed by atoms with Crippen LogP contribution in [0.4, 0.5) is 0 Å². The van der Waals surface area contributed by atoms with Crippen LogP contribution in [0.5, 0.6) is 5.75 Å². The monoisotopic (exact) mass is 388 g/mol. The molecule has 0 aliphatic heterocycles. The summed E-state index contributed by atoms with van der Waals surface area (Å²) in [6, 6.07) is 12.6. The molecule has 4 aliphatic carbocycles. The van der Waals surface area contributed by atoms with Crippen LogP contribution in [0.3, 0.4) is 0 Å². The zero-order valence-electron chi connectivity index (χ0n) is 16.2. The van der Waals surface area contributed by atoms with E-state index in [1.165, 1.54) is 38.5 Å². The molecule has 0 atom stereocenters. The summed E-state index contributed by atoms with van der Waals surface area (Å²) in [5.41, 5.74) is 3.07. The van der Waals surface area contributed by atoms with E-state index in [2.05, 4.69) is 6.07 Å². The van der Waals surface area contributed by atoms with Gasteiger partial charge in [0.05, 0.1) is 5.56 Å². The Morgan fingerprint density at radius 2 is 1.62 bits per heavy atom. The Labute approximate surface area is 169 Å². The summed E-state index contributed by atoms with van der Waals surface area (Å²) >= 11 is 0. The molecule has 2 aromatic carbocycles. The van der Waals surface area contributed by atoms with E-state index < -0.39 is 5.97 Å². The second-order valence-corrected chi connectivity index (χ2v) is 9.60. The molecule has 2 N–H and O–H groups in total. The maximum atomic E-state index is 11.3. The van der Waals surface area contributed by atoms with Crippen LogP contribution in [0.2, 0.25) is 0 Å². The Kier molecular flexibility index (Phi) is 3.48. The molecule has 0 amide bonds. The van der Waals surface area contributed by atoms with E-state index in [4.69, 9.17) is 4.42 Å². The van der Waals surface area contributed by atoms with Crippen LogP contribution in [0, 0.1) is 17.8 Å². The van der Waals surface area contributed by atoms with Gasteiger partial charge >= 0.3 is 5.97 Å². The third-order valence-electron chi connectivity index (χ3n) is 7.65. The lowest BCUT2D eigenvalue weighted by atomic mass is 9.48. The summed E-state index contributed by atoms with van der Waals surface area (Å²) in [6.45, 7) is 0. The highest BCUT2D eigenvalue weighted by Crippen LogP contribution is 2.62. The molecule has 4 nitrogen and oxygen atoms in total. The molecule has 0 unspecified atom stereocenters. The Morgan fingerprint density at radius 3 is 2.28 bits per heavy atom. The summed E-state index contributed by atoms with van der Waals surface area (Å²) in [5.74, 6) is 2.61. The van der Waals surface area contributed by atoms with Crippen molar-refractivity contribution in [2.75, 3.05) is 0 Å². The number of benzene rings is 2. The summed E-state index contributed by atoms with van der Waals surface area (Å²) in [6.07, 6.45) is 7.69. The normalized spacial score (nSPS) is 30.1. The average molecular weight is 388 g/mol. The van der Waals surface area contributed by atoms with Gasteiger partial charge in [-0.15, -0.1) is 0 Å². The van der Waals surface area contributed by atoms with E-state index in [1.807, 2.05) is 12.1 Å². The van der Waals surface area contributed by atoms with Crippen molar-refractivity contribution in [3.8, 4) is 17.1 Å². The molecule has 7 rings (SSSR count). The fourth-order valence-corrected chi connectivity index (χ4v) is 6.87. The van der Waals surface area contributed by atoms with Crippen LogP contribution in [-0.4, -0.2) is 16.2 Å². The van der Waals surface area contributed by atoms with Crippen LogP contribution in [0.1, 0.15) is 54.4 Å². The number of phenolic OH excluding ortho intramolecular Hbond substituents is 1. The highest BCUT2D eigenvalue weighted by Gasteiger charge is 2.52. The topological polar surface area (TPSA) is 70.7 Å². The minimum Gasteiger partial charge on any atom is -0.508 e. The van der Waals surface area contributed by atoms with Gasteiger partial charge in [-0.3, -0.25) is 0 Å². The van der Waals surface area contributed by atoms with Gasteiger partial charge in [-0.05, 0) is 104 Å². The Morgan fingerprint density at radius 1 is 0.931 bits per heavy atom. The predicted molar refractivity (Wildman–Crippen MR) is 110 cm³/mol. The van der Waals surface area contributed by atoms with E-state index in [0.29, 0.717) is 17.1 Å². The Bertz CT molecular complexity index is 1100. The Balaban J connectivity index is 1.43. The molecular weight excluding hydrogens is 364 g/mol. The number of hydrogen-bond donors (Lipinski definition) is 2. The lowest BCUT2D eigenvalue weighted by molar-refractivity contribution is -0.00611. The van der Waals surface area contributed by atoms with Crippen molar-refractivity contribution >= 4 is 16.9 Å². The molecule has 0 spiro atoms. The number of furan rings is 1. The van der Waals surface area contributed by atoms with Crippen LogP contribution < -0.4 is 0 Å². The van der Waals surface area contributed by atoms with Gasteiger partial charge in [0.25, 0.3) is 0 Å². The van der Waals surface area contributed by atoms with Crippen molar-refractivity contribution in [2.45, 2.75) is 43.9 Å². The maximum absolute atomic E-state index is 11.3. The zero-order valence-corrected chi connectivity index (χ0v) is 16.2. The van der Waals surface area contributed by atoms with Gasteiger partial charge in [0.15, 0.2) is 0 Å². The number of hydrogen-bond acceptors (Lipinski definition) is 3. The van der Waals surface area contributed by atoms with Crippen molar-refractivity contribution in [3.05, 3.63) is 53.6 Å². The first-order valence-corrected chi connectivity index (χ1v) is 10.6. The van der Waals surface area contributed by atoms with Gasteiger partial charge < -0.3 is 14.6 Å². The van der Waals surface area contributed by atoms with Crippen molar-refractivity contribution in [3.63, 3.8) is 0 Å². The van der Waals surface area contributed by atoms with E-state index in [0.717, 1.165) is 34.3 Å². The quantitative estimate of drug-likeness (QED) is 0.580. The number of carboxylic acid groups (broad SMARTS) is 1. The lowest BCUT2D eigenvalue weighted by Gasteiger charge is -2.57. The summed E-state index contributed by atoms with van der Waals surface area (Å²) in [5, 5.41) is 20.8. The van der Waals surface area contributed by atoms with E-state index in [9.17, 15) is 15.0 Å². The molecule has 4 fully saturated rings. The number of phenols is 1. The molecule has 1 aromatic heterocycles. The first-order valence-electron chi connectivity index (χ1n) is 10.6. The molecule has 1 heterocycles. The molecule has 148 valence electrons. The minimum atomic E-state index is -0.941. The maximum Gasteiger partial charge on any atom is 0.335 e. The minimum absolute atomic E-state index is 0.108. The van der Waals surface area contributed by atoms with Crippen LogP contribution in [0.15, 0.2) is 46.9 Å². The first kappa shape index (κ1) is 17.1. The fourth-order valence-electron chi connectivity index (χ4n) is 6.87. The van der Waals surface area contributed by atoms with Crippen LogP contribution in [-0.2, 0) is 5.41 Å². The third kappa shape index (κ3) is 2.61. The number of fused-ring (bicyclic) bond motifs is 1. The molecular formula is C25H24O4. The highest BCUT2D eigenvalue weighted by atomic mass is 16.4. The molecule has 4 aliphatic rings. The fraction of sp³-hybridized carbons (Fsp3) is 0.400. The highest BCUT2D eigenvalue weighted by molar-refractivity contribution is 5.94. The molecule has 0 radical (unpaired) electrons. The van der Waals surface area contributed by atoms with Crippen molar-refractivity contribution in [2.24, 2.45) is 17.8 Å². The zero-order chi connectivity index (χ0) is 19.8. The number of aromatic hydroxyl groups is 1. The summed E-state index contributed by atoms with van der Waals surface area (Å²) in [7, 11) is 0. The number of carboxylic acids is 1. The number of rotatable bonds is 3. The standard InChI is InChI=1S/C25H24O4/c26-21-3-1-17(23-10-19-8-18(24(27)28)2-4-22(19)29-23)9-20(21)25-11-14-5-15(12-25)7-16(6-14)13-25/h1-4,8-10,14-16,26H,5-7,11-13H2,(H,27,28). The van der Waals surface area contributed by atoms with Gasteiger partial charge in [-0.1, -0.05) is 0 Å². The third-order valence-corrected chi connectivity index (χ3v) is 7.65. The van der Waals surface area contributed by atoms with Gasteiger partial charge in [-0.2, -0.15) is 0 Å². The van der Waals surface area contributed by atoms with Gasteiger partial charge in [0, 0.05) is 16.5 Å². The molecule has 3 aromatic rings. The van der Waals surface area contributed by atoms with Crippen LogP contribution in [0.25, 0.3) is 22.3 Å². The summed E-state index contributed by atoms with van der Waals surface area (Å²) < 4.78 is 6.03. The van der Waals surface area contributed by atoms with E-state index in [-0.39, 0.29) is 11.0 Å². The number of aromatic carboxylic acids is 1. The Hall–Kier alpha value is -2.75. The molecule has 4 heteroatoms. The second-order valence-electron chi connectivity index (χ2n) is 9.60. The average Bonchev–Trinajstić information content (AvgIpc) is 3.10. The van der Waals surface area contributed by atoms with Crippen molar-refractivity contribution in [1.29, 1.82) is 0 Å². The largest absolute Gasteiger partial charge is 0.508 e. The molecule has 4 saturated carbocycles. The smallest absolute Gasteiger partial charge is 0.335 e. The lowest BCUT2D eigenvalue weighted by Crippen LogP contribution is -2.48. The second kappa shape index (κ2) is 5.88. The van der Waals surface area contributed by atoms with E-state index in [1.54, 1.807) is 24.3 Å². The SMILES string of the molecule is O=C(O)c1ccc2oc(-c3ccc(O)c(C45CC6CC(CC(C6)C4)C5)c3)cc2c1. The van der Waals surface area contributed by atoms with Crippen molar-refractivity contribution < 1.29 is 19.4 Å². The number of carbonyl (C=O) groups is 1. The predicted octanol–water partition coefficient (Wildman–Crippen LogP) is 5.97. The van der Waals surface area contributed by atoms with Gasteiger partial charge in [-0.25, -0.2) is 4.79 Å². The van der Waals surface area contributed by atoms with Gasteiger partial charge in [0.1, 0.15) is 17.1 Å². The first-order chi connectivity index (χ1) is 14.0. The van der Waals surface area contributed by atoms with E-state index >= 15 is 0 Å². The van der Waals surface area contributed by atoms with Gasteiger partial charge in [0.2, 0.25) is 0 Å². The van der Waals surface area contributed by atoms with Crippen LogP contribution >= 0.6 is 0 Å². The summed E-state index contributed by atoms with van der Waals surface area (Å²) in [4.78, 5) is 11.3. The molecule has 29 heavy (non-hydrogen) atoms. The molecule has 4 bridgehead atoms. The molecule has 0 saturated heterocycles. The van der Waals surface area contributed by atoms with Crippen molar-refractivity contribution in [1.82, 2.24) is 0 Å².